The molecule has 0 unspecified atom stereocenters. The van der Waals surface area contributed by atoms with Gasteiger partial charge in [-0.05, 0) is 38.0 Å². The van der Waals surface area contributed by atoms with Crippen LogP contribution in [0.3, 0.4) is 0 Å². The minimum Gasteiger partial charge on any atom is -0.369 e. The van der Waals surface area contributed by atoms with Crippen molar-refractivity contribution in [2.24, 2.45) is 0 Å². The fraction of sp³-hybridized carbons (Fsp3) is 0.417. The number of nitrogens with zero attached hydrogens (tertiary/aromatic N) is 2. The minimum absolute atomic E-state index is 0.548. The van der Waals surface area contributed by atoms with Gasteiger partial charge >= 0.3 is 0 Å². The van der Waals surface area contributed by atoms with Gasteiger partial charge < -0.3 is 4.90 Å². The van der Waals surface area contributed by atoms with Crippen LogP contribution in [0.4, 0.5) is 5.69 Å². The summed E-state index contributed by atoms with van der Waals surface area (Å²) in [5.41, 5.74) is 1.68. The number of benzene rings is 1. The summed E-state index contributed by atoms with van der Waals surface area (Å²) >= 11 is 6.01. The van der Waals surface area contributed by atoms with Crippen LogP contribution in [-0.2, 0) is 0 Å². The van der Waals surface area contributed by atoms with Gasteiger partial charge in [-0.15, -0.1) is 0 Å². The van der Waals surface area contributed by atoms with Crippen molar-refractivity contribution in [3.63, 3.8) is 0 Å². The van der Waals surface area contributed by atoms with Gasteiger partial charge in [0.2, 0.25) is 0 Å². The molecule has 0 N–H and O–H groups in total. The first-order valence-electron chi connectivity index (χ1n) is 5.18. The molecule has 15 heavy (non-hydrogen) atoms. The topological polar surface area (TPSA) is 27.0 Å². The minimum atomic E-state index is 0.548. The third-order valence-corrected chi connectivity index (χ3v) is 3.27. The van der Waals surface area contributed by atoms with Crippen LogP contribution in [0.5, 0.6) is 0 Å². The molecule has 1 aliphatic rings. The second-order valence-electron chi connectivity index (χ2n) is 3.96. The summed E-state index contributed by atoms with van der Waals surface area (Å²) in [6, 6.07) is 8.32. The zero-order valence-electron chi connectivity index (χ0n) is 8.70. The van der Waals surface area contributed by atoms with Gasteiger partial charge in [0.05, 0.1) is 10.6 Å². The number of nitriles is 1. The molecule has 78 valence electrons. The standard InChI is InChI=1S/C12H13ClN2/c1-9-3-2-6-15(9)11-5-4-10(8-14)12(13)7-11/h4-5,7,9H,2-3,6H2,1H3/t9-/m1/s1. The number of halogens is 1. The maximum absolute atomic E-state index is 8.78. The molecule has 3 heteroatoms. The van der Waals surface area contributed by atoms with Crippen LogP contribution in [0.15, 0.2) is 18.2 Å². The Morgan fingerprint density at radius 3 is 2.87 bits per heavy atom. The second kappa shape index (κ2) is 4.12. The van der Waals surface area contributed by atoms with Crippen molar-refractivity contribution in [3.8, 4) is 6.07 Å². The summed E-state index contributed by atoms with van der Waals surface area (Å²) in [6.45, 7) is 3.31. The molecule has 2 nitrogen and oxygen atoms in total. The van der Waals surface area contributed by atoms with Crippen molar-refractivity contribution in [2.45, 2.75) is 25.8 Å². The lowest BCUT2D eigenvalue weighted by atomic mass is 10.2. The molecule has 1 aliphatic heterocycles. The molecule has 0 radical (unpaired) electrons. The van der Waals surface area contributed by atoms with E-state index in [0.29, 0.717) is 16.6 Å². The highest BCUT2D eigenvalue weighted by molar-refractivity contribution is 6.32. The number of hydrogen-bond acceptors (Lipinski definition) is 2. The van der Waals surface area contributed by atoms with Crippen LogP contribution in [0.2, 0.25) is 5.02 Å². The maximum atomic E-state index is 8.78. The summed E-state index contributed by atoms with van der Waals surface area (Å²) in [7, 11) is 0. The van der Waals surface area contributed by atoms with Gasteiger partial charge in [-0.25, -0.2) is 0 Å². The quantitative estimate of drug-likeness (QED) is 0.727. The first kappa shape index (κ1) is 10.3. The van der Waals surface area contributed by atoms with Crippen molar-refractivity contribution in [2.75, 3.05) is 11.4 Å². The van der Waals surface area contributed by atoms with Crippen LogP contribution in [0, 0.1) is 11.3 Å². The van der Waals surface area contributed by atoms with Crippen LogP contribution in [-0.4, -0.2) is 12.6 Å². The Kier molecular flexibility index (Phi) is 2.83. The summed E-state index contributed by atoms with van der Waals surface area (Å²) in [6.07, 6.45) is 2.47. The molecule has 1 heterocycles. The van der Waals surface area contributed by atoms with E-state index < -0.39 is 0 Å². The van der Waals surface area contributed by atoms with E-state index in [1.54, 1.807) is 6.07 Å². The SMILES string of the molecule is C[C@@H]1CCCN1c1ccc(C#N)c(Cl)c1. The smallest absolute Gasteiger partial charge is 0.101 e. The Morgan fingerprint density at radius 1 is 1.53 bits per heavy atom. The molecule has 1 saturated heterocycles. The van der Waals surface area contributed by atoms with E-state index in [1.807, 2.05) is 12.1 Å². The Morgan fingerprint density at radius 2 is 2.33 bits per heavy atom. The first-order chi connectivity index (χ1) is 7.22. The van der Waals surface area contributed by atoms with E-state index >= 15 is 0 Å². The Bertz CT molecular complexity index is 409. The van der Waals surface area contributed by atoms with Crippen LogP contribution in [0.1, 0.15) is 25.3 Å². The van der Waals surface area contributed by atoms with Gasteiger partial charge in [-0.3, -0.25) is 0 Å². The van der Waals surface area contributed by atoms with E-state index in [1.165, 1.54) is 12.8 Å². The highest BCUT2D eigenvalue weighted by atomic mass is 35.5. The fourth-order valence-corrected chi connectivity index (χ4v) is 2.31. The monoisotopic (exact) mass is 220 g/mol. The molecule has 0 aliphatic carbocycles. The third-order valence-electron chi connectivity index (χ3n) is 2.96. The third kappa shape index (κ3) is 1.93. The molecular formula is C12H13ClN2. The summed E-state index contributed by atoms with van der Waals surface area (Å²) in [5.74, 6) is 0. The molecule has 1 aromatic carbocycles. The average molecular weight is 221 g/mol. The van der Waals surface area contributed by atoms with E-state index in [-0.39, 0.29) is 0 Å². The lowest BCUT2D eigenvalue weighted by Crippen LogP contribution is -2.26. The van der Waals surface area contributed by atoms with Crippen LogP contribution < -0.4 is 4.90 Å². The molecule has 0 bridgehead atoms. The van der Waals surface area contributed by atoms with Crippen molar-refractivity contribution < 1.29 is 0 Å². The van der Waals surface area contributed by atoms with Crippen LogP contribution >= 0.6 is 11.6 Å². The van der Waals surface area contributed by atoms with E-state index in [2.05, 4.69) is 17.9 Å². The van der Waals surface area contributed by atoms with E-state index in [0.717, 1.165) is 12.2 Å². The predicted molar refractivity (Wildman–Crippen MR) is 62.2 cm³/mol. The maximum Gasteiger partial charge on any atom is 0.101 e. The van der Waals surface area contributed by atoms with E-state index in [4.69, 9.17) is 16.9 Å². The number of rotatable bonds is 1. The molecule has 1 fully saturated rings. The molecule has 0 spiro atoms. The largest absolute Gasteiger partial charge is 0.369 e. The number of anilines is 1. The molecule has 0 aromatic heterocycles. The summed E-state index contributed by atoms with van der Waals surface area (Å²) in [4.78, 5) is 2.34. The zero-order chi connectivity index (χ0) is 10.8. The highest BCUT2D eigenvalue weighted by Gasteiger charge is 2.20. The normalized spacial score (nSPS) is 20.3. The van der Waals surface area contributed by atoms with E-state index in [9.17, 15) is 0 Å². The highest BCUT2D eigenvalue weighted by Crippen LogP contribution is 2.28. The van der Waals surface area contributed by atoms with Crippen molar-refractivity contribution in [1.29, 1.82) is 5.26 Å². The second-order valence-corrected chi connectivity index (χ2v) is 4.37. The summed E-state index contributed by atoms with van der Waals surface area (Å²) < 4.78 is 0. The van der Waals surface area contributed by atoms with Gasteiger partial charge in [0.1, 0.15) is 6.07 Å². The Labute approximate surface area is 95.1 Å². The molecule has 1 aromatic rings. The molecule has 0 amide bonds. The first-order valence-corrected chi connectivity index (χ1v) is 5.56. The molecule has 2 rings (SSSR count). The van der Waals surface area contributed by atoms with Gasteiger partial charge in [0.15, 0.2) is 0 Å². The lowest BCUT2D eigenvalue weighted by molar-refractivity contribution is 0.735. The Hall–Kier alpha value is -1.20. The molecule has 1 atom stereocenters. The van der Waals surface area contributed by atoms with Crippen LogP contribution in [0.25, 0.3) is 0 Å². The predicted octanol–water partition coefficient (Wildman–Crippen LogP) is 3.20. The fourth-order valence-electron chi connectivity index (χ4n) is 2.09. The molecular weight excluding hydrogens is 208 g/mol. The van der Waals surface area contributed by atoms with Gasteiger partial charge in [0.25, 0.3) is 0 Å². The van der Waals surface area contributed by atoms with Crippen molar-refractivity contribution >= 4 is 17.3 Å². The van der Waals surface area contributed by atoms with Gasteiger partial charge in [0, 0.05) is 18.3 Å². The zero-order valence-corrected chi connectivity index (χ0v) is 9.46. The van der Waals surface area contributed by atoms with Gasteiger partial charge in [-0.2, -0.15) is 5.26 Å². The Balaban J connectivity index is 2.30. The average Bonchev–Trinajstić information content (AvgIpc) is 2.64. The van der Waals surface area contributed by atoms with Gasteiger partial charge in [-0.1, -0.05) is 11.6 Å². The van der Waals surface area contributed by atoms with Crippen molar-refractivity contribution in [3.05, 3.63) is 28.8 Å². The number of hydrogen-bond donors (Lipinski definition) is 0. The lowest BCUT2D eigenvalue weighted by Gasteiger charge is -2.23. The van der Waals surface area contributed by atoms with Crippen molar-refractivity contribution in [1.82, 2.24) is 0 Å². The molecule has 0 saturated carbocycles. The summed E-state index contributed by atoms with van der Waals surface area (Å²) in [5, 5.41) is 9.33.